The molecule has 1 N–H and O–H groups in total. The van der Waals surface area contributed by atoms with Crippen LogP contribution in [0, 0.1) is 0 Å². The van der Waals surface area contributed by atoms with Crippen molar-refractivity contribution in [1.29, 1.82) is 0 Å². The molecule has 1 aromatic carbocycles. The molecule has 1 atom stereocenters. The molecule has 1 aromatic rings. The summed E-state index contributed by atoms with van der Waals surface area (Å²) in [5.41, 5.74) is 0.896. The third-order valence-corrected chi connectivity index (χ3v) is 4.87. The molecule has 20 heavy (non-hydrogen) atoms. The maximum Gasteiger partial charge on any atom is 0.317 e. The molecule has 0 saturated heterocycles. The fraction of sp³-hybridized carbons (Fsp3) is 0.533. The number of carboxylic acid groups (broad SMARTS) is 1. The van der Waals surface area contributed by atoms with Crippen LogP contribution in [-0.4, -0.2) is 28.6 Å². The van der Waals surface area contributed by atoms with E-state index in [-0.39, 0.29) is 12.6 Å². The number of benzene rings is 1. The molecule has 1 aliphatic carbocycles. The molecule has 110 valence electrons. The number of aliphatic carboxylic acids is 1. The maximum absolute atomic E-state index is 11.2. The van der Waals surface area contributed by atoms with Crippen molar-refractivity contribution in [3.63, 3.8) is 0 Å². The van der Waals surface area contributed by atoms with E-state index in [0.29, 0.717) is 16.1 Å². The highest BCUT2D eigenvalue weighted by Gasteiger charge is 2.29. The number of carboxylic acids is 1. The SMILES string of the molecule is CC(c1cccc(Cl)c1Cl)N(CC(=O)O)C1CCCC1. The van der Waals surface area contributed by atoms with E-state index in [1.165, 1.54) is 0 Å². The van der Waals surface area contributed by atoms with Gasteiger partial charge in [0, 0.05) is 12.1 Å². The first kappa shape index (κ1) is 15.6. The van der Waals surface area contributed by atoms with Crippen LogP contribution >= 0.6 is 23.2 Å². The van der Waals surface area contributed by atoms with Gasteiger partial charge in [-0.1, -0.05) is 48.2 Å². The molecule has 1 fully saturated rings. The first-order valence-corrected chi connectivity index (χ1v) is 7.67. The summed E-state index contributed by atoms with van der Waals surface area (Å²) in [5, 5.41) is 10.2. The lowest BCUT2D eigenvalue weighted by molar-refractivity contribution is -0.139. The number of nitrogens with zero attached hydrogens (tertiary/aromatic N) is 1. The van der Waals surface area contributed by atoms with Crippen LogP contribution in [0.5, 0.6) is 0 Å². The lowest BCUT2D eigenvalue weighted by Gasteiger charge is -2.34. The lowest BCUT2D eigenvalue weighted by atomic mass is 10.0. The van der Waals surface area contributed by atoms with Crippen LogP contribution in [0.3, 0.4) is 0 Å². The van der Waals surface area contributed by atoms with Crippen LogP contribution in [0.25, 0.3) is 0 Å². The van der Waals surface area contributed by atoms with Gasteiger partial charge < -0.3 is 5.11 Å². The number of carbonyl (C=O) groups is 1. The van der Waals surface area contributed by atoms with Crippen molar-refractivity contribution in [2.75, 3.05) is 6.54 Å². The molecule has 2 rings (SSSR count). The van der Waals surface area contributed by atoms with Crippen LogP contribution in [0.2, 0.25) is 10.0 Å². The number of hydrogen-bond acceptors (Lipinski definition) is 2. The fourth-order valence-electron chi connectivity index (χ4n) is 3.00. The topological polar surface area (TPSA) is 40.5 Å². The molecule has 0 spiro atoms. The van der Waals surface area contributed by atoms with Gasteiger partial charge >= 0.3 is 5.97 Å². The highest BCUT2D eigenvalue weighted by molar-refractivity contribution is 6.42. The first-order chi connectivity index (χ1) is 9.50. The minimum atomic E-state index is -0.804. The second-order valence-electron chi connectivity index (χ2n) is 5.32. The summed E-state index contributed by atoms with van der Waals surface area (Å²) in [5.74, 6) is -0.804. The molecule has 0 radical (unpaired) electrons. The number of halogens is 2. The molecular weight excluding hydrogens is 297 g/mol. The Hall–Kier alpha value is -0.770. The molecule has 0 aromatic heterocycles. The molecular formula is C15H19Cl2NO2. The largest absolute Gasteiger partial charge is 0.480 e. The van der Waals surface area contributed by atoms with Crippen LogP contribution in [0.1, 0.15) is 44.2 Å². The van der Waals surface area contributed by atoms with Crippen LogP contribution in [0.15, 0.2) is 18.2 Å². The van der Waals surface area contributed by atoms with Gasteiger partial charge in [-0.15, -0.1) is 0 Å². The van der Waals surface area contributed by atoms with Crippen molar-refractivity contribution in [3.8, 4) is 0 Å². The highest BCUT2D eigenvalue weighted by atomic mass is 35.5. The Morgan fingerprint density at radius 1 is 1.40 bits per heavy atom. The van der Waals surface area contributed by atoms with Crippen LogP contribution < -0.4 is 0 Å². The predicted octanol–water partition coefficient (Wildman–Crippen LogP) is 4.38. The van der Waals surface area contributed by atoms with Gasteiger partial charge in [-0.05, 0) is 31.4 Å². The summed E-state index contributed by atoms with van der Waals surface area (Å²) in [4.78, 5) is 13.2. The Balaban J connectivity index is 2.27. The molecule has 3 nitrogen and oxygen atoms in total. The standard InChI is InChI=1S/C15H19Cl2NO2/c1-10(12-7-4-8-13(16)15(12)17)18(9-14(19)20)11-5-2-3-6-11/h4,7-8,10-11H,2-3,5-6,9H2,1H3,(H,19,20). The van der Waals surface area contributed by atoms with Crippen molar-refractivity contribution in [2.24, 2.45) is 0 Å². The minimum absolute atomic E-state index is 0.0364. The van der Waals surface area contributed by atoms with Crippen molar-refractivity contribution in [2.45, 2.75) is 44.7 Å². The third-order valence-electron chi connectivity index (χ3n) is 4.04. The predicted molar refractivity (Wildman–Crippen MR) is 81.5 cm³/mol. The molecule has 0 heterocycles. The fourth-order valence-corrected chi connectivity index (χ4v) is 3.46. The molecule has 1 unspecified atom stereocenters. The van der Waals surface area contributed by atoms with E-state index in [2.05, 4.69) is 0 Å². The van der Waals surface area contributed by atoms with Crippen molar-refractivity contribution in [3.05, 3.63) is 33.8 Å². The van der Waals surface area contributed by atoms with Crippen molar-refractivity contribution >= 4 is 29.2 Å². The molecule has 1 aliphatic rings. The van der Waals surface area contributed by atoms with Crippen LogP contribution in [0.4, 0.5) is 0 Å². The summed E-state index contributed by atoms with van der Waals surface area (Å²) < 4.78 is 0. The average Bonchev–Trinajstić information content (AvgIpc) is 2.92. The van der Waals surface area contributed by atoms with Gasteiger partial charge in [0.2, 0.25) is 0 Å². The molecule has 5 heteroatoms. The zero-order valence-corrected chi connectivity index (χ0v) is 13.0. The maximum atomic E-state index is 11.2. The number of rotatable bonds is 5. The van der Waals surface area contributed by atoms with Crippen molar-refractivity contribution < 1.29 is 9.90 Å². The van der Waals surface area contributed by atoms with Gasteiger partial charge in [0.1, 0.15) is 0 Å². The molecule has 0 amide bonds. The second-order valence-corrected chi connectivity index (χ2v) is 6.11. The van der Waals surface area contributed by atoms with Crippen molar-refractivity contribution in [1.82, 2.24) is 4.90 Å². The second kappa shape index (κ2) is 6.79. The lowest BCUT2D eigenvalue weighted by Crippen LogP contribution is -2.39. The molecule has 0 aliphatic heterocycles. The third kappa shape index (κ3) is 3.46. The number of hydrogen-bond donors (Lipinski definition) is 1. The molecule has 1 saturated carbocycles. The van der Waals surface area contributed by atoms with E-state index in [1.54, 1.807) is 6.07 Å². The van der Waals surface area contributed by atoms with E-state index in [4.69, 9.17) is 28.3 Å². The van der Waals surface area contributed by atoms with E-state index in [0.717, 1.165) is 31.2 Å². The van der Waals surface area contributed by atoms with E-state index in [9.17, 15) is 4.79 Å². The Kier molecular flexibility index (Phi) is 5.30. The Bertz CT molecular complexity index is 487. The van der Waals surface area contributed by atoms with Crippen LogP contribution in [-0.2, 0) is 4.79 Å². The summed E-state index contributed by atoms with van der Waals surface area (Å²) in [7, 11) is 0. The Labute approximate surface area is 129 Å². The Morgan fingerprint density at radius 2 is 2.05 bits per heavy atom. The zero-order chi connectivity index (χ0) is 14.7. The zero-order valence-electron chi connectivity index (χ0n) is 11.5. The van der Waals surface area contributed by atoms with E-state index >= 15 is 0 Å². The Morgan fingerprint density at radius 3 is 2.65 bits per heavy atom. The van der Waals surface area contributed by atoms with Gasteiger partial charge in [0.05, 0.1) is 16.6 Å². The molecule has 0 bridgehead atoms. The first-order valence-electron chi connectivity index (χ1n) is 6.92. The van der Waals surface area contributed by atoms with Gasteiger partial charge in [-0.25, -0.2) is 0 Å². The van der Waals surface area contributed by atoms with Gasteiger partial charge in [-0.2, -0.15) is 0 Å². The monoisotopic (exact) mass is 315 g/mol. The summed E-state index contributed by atoms with van der Waals surface area (Å²) in [6, 6.07) is 5.78. The van der Waals surface area contributed by atoms with E-state index < -0.39 is 5.97 Å². The highest BCUT2D eigenvalue weighted by Crippen LogP contribution is 2.36. The smallest absolute Gasteiger partial charge is 0.317 e. The normalized spacial score (nSPS) is 17.6. The quantitative estimate of drug-likeness (QED) is 0.876. The van der Waals surface area contributed by atoms with Gasteiger partial charge in [-0.3, -0.25) is 9.69 Å². The van der Waals surface area contributed by atoms with Gasteiger partial charge in [0.25, 0.3) is 0 Å². The average molecular weight is 316 g/mol. The van der Waals surface area contributed by atoms with E-state index in [1.807, 2.05) is 24.0 Å². The summed E-state index contributed by atoms with van der Waals surface area (Å²) >= 11 is 12.3. The van der Waals surface area contributed by atoms with Gasteiger partial charge in [0.15, 0.2) is 0 Å². The minimum Gasteiger partial charge on any atom is -0.480 e. The summed E-state index contributed by atoms with van der Waals surface area (Å²) in [6.07, 6.45) is 4.43. The summed E-state index contributed by atoms with van der Waals surface area (Å²) in [6.45, 7) is 2.04.